The van der Waals surface area contributed by atoms with Crippen LogP contribution in [0.15, 0.2) is 0 Å². The summed E-state index contributed by atoms with van der Waals surface area (Å²) >= 11 is 0. The highest BCUT2D eigenvalue weighted by molar-refractivity contribution is 5.76. The first kappa shape index (κ1) is 14.5. The van der Waals surface area contributed by atoms with Crippen LogP contribution in [0.5, 0.6) is 0 Å². The van der Waals surface area contributed by atoms with Crippen LogP contribution in [-0.2, 0) is 4.79 Å². The van der Waals surface area contributed by atoms with Gasteiger partial charge in [0.2, 0.25) is 5.91 Å². The summed E-state index contributed by atoms with van der Waals surface area (Å²) in [5.74, 6) is 0.697. The highest BCUT2D eigenvalue weighted by Crippen LogP contribution is 2.22. The van der Waals surface area contributed by atoms with E-state index in [-0.39, 0.29) is 12.5 Å². The summed E-state index contributed by atoms with van der Waals surface area (Å²) in [6.07, 6.45) is 5.45. The van der Waals surface area contributed by atoms with Gasteiger partial charge in [-0.2, -0.15) is 0 Å². The van der Waals surface area contributed by atoms with Crippen LogP contribution >= 0.6 is 0 Å². The molecule has 1 fully saturated rings. The summed E-state index contributed by atoms with van der Waals surface area (Å²) < 4.78 is 0. The third-order valence-electron chi connectivity index (χ3n) is 3.65. The summed E-state index contributed by atoms with van der Waals surface area (Å²) in [5.41, 5.74) is 5.55. The Morgan fingerprint density at radius 2 is 2.35 bits per heavy atom. The molecular weight excluding hydrogens is 216 g/mol. The van der Waals surface area contributed by atoms with Gasteiger partial charge in [0.15, 0.2) is 0 Å². The van der Waals surface area contributed by atoms with E-state index in [1.165, 1.54) is 0 Å². The van der Waals surface area contributed by atoms with Crippen molar-refractivity contribution in [1.82, 2.24) is 4.90 Å². The first-order valence-electron chi connectivity index (χ1n) is 6.79. The topological polar surface area (TPSA) is 66.6 Å². The molecule has 1 rings (SSSR count). The zero-order chi connectivity index (χ0) is 12.7. The highest BCUT2D eigenvalue weighted by atomic mass is 16.3. The Balaban J connectivity index is 2.33. The number of carbonyl (C=O) groups is 1. The van der Waals surface area contributed by atoms with E-state index in [9.17, 15) is 4.79 Å². The van der Waals surface area contributed by atoms with Gasteiger partial charge in [0, 0.05) is 25.6 Å². The average Bonchev–Trinajstić information content (AvgIpc) is 2.81. The van der Waals surface area contributed by atoms with E-state index in [4.69, 9.17) is 10.8 Å². The molecule has 0 aliphatic carbocycles. The number of aliphatic hydroxyl groups is 1. The van der Waals surface area contributed by atoms with Crippen molar-refractivity contribution in [3.63, 3.8) is 0 Å². The molecule has 1 aliphatic heterocycles. The van der Waals surface area contributed by atoms with Crippen LogP contribution in [0.25, 0.3) is 0 Å². The molecule has 0 aromatic heterocycles. The van der Waals surface area contributed by atoms with Crippen molar-refractivity contribution in [3.8, 4) is 0 Å². The molecule has 0 saturated carbocycles. The molecule has 0 spiro atoms. The number of aliphatic hydroxyl groups excluding tert-OH is 1. The van der Waals surface area contributed by atoms with E-state index in [1.54, 1.807) is 0 Å². The van der Waals surface area contributed by atoms with Crippen molar-refractivity contribution < 1.29 is 9.90 Å². The fourth-order valence-electron chi connectivity index (χ4n) is 2.42. The summed E-state index contributed by atoms with van der Waals surface area (Å²) in [6.45, 7) is 3.86. The molecule has 0 aromatic rings. The molecule has 1 heterocycles. The van der Waals surface area contributed by atoms with E-state index in [0.717, 1.165) is 38.6 Å². The third-order valence-corrected chi connectivity index (χ3v) is 3.65. The minimum absolute atomic E-state index is 0.225. The van der Waals surface area contributed by atoms with Gasteiger partial charge in [0.05, 0.1) is 0 Å². The number of hydrogen-bond donors (Lipinski definition) is 2. The summed E-state index contributed by atoms with van der Waals surface area (Å²) in [7, 11) is 0. The quantitative estimate of drug-likeness (QED) is 0.703. The normalized spacial score (nSPS) is 21.8. The molecule has 0 bridgehead atoms. The van der Waals surface area contributed by atoms with Crippen LogP contribution in [0.1, 0.15) is 45.4 Å². The molecular formula is C13H26N2O2. The lowest BCUT2D eigenvalue weighted by atomic mass is 10.0. The number of likely N-dealkylation sites (tertiary alicyclic amines) is 1. The van der Waals surface area contributed by atoms with Crippen LogP contribution in [0.2, 0.25) is 0 Å². The van der Waals surface area contributed by atoms with E-state index >= 15 is 0 Å². The third kappa shape index (κ3) is 4.64. The first-order valence-corrected chi connectivity index (χ1v) is 6.79. The van der Waals surface area contributed by atoms with Gasteiger partial charge in [-0.15, -0.1) is 0 Å². The van der Waals surface area contributed by atoms with Crippen LogP contribution in [-0.4, -0.2) is 41.7 Å². The fraction of sp³-hybridized carbons (Fsp3) is 0.923. The Kier molecular flexibility index (Phi) is 6.52. The second-order valence-electron chi connectivity index (χ2n) is 5.13. The maximum absolute atomic E-state index is 12.1. The van der Waals surface area contributed by atoms with Gasteiger partial charge in [-0.05, 0) is 44.6 Å². The summed E-state index contributed by atoms with van der Waals surface area (Å²) in [5, 5.41) is 8.84. The number of amides is 1. The Morgan fingerprint density at radius 1 is 1.59 bits per heavy atom. The number of carbonyl (C=O) groups excluding carboxylic acids is 1. The van der Waals surface area contributed by atoms with Crippen molar-refractivity contribution in [2.45, 2.75) is 51.5 Å². The molecule has 100 valence electrons. The number of rotatable bonds is 7. The maximum Gasteiger partial charge on any atom is 0.222 e. The van der Waals surface area contributed by atoms with Gasteiger partial charge in [-0.3, -0.25) is 4.79 Å². The van der Waals surface area contributed by atoms with Crippen LogP contribution in [0.3, 0.4) is 0 Å². The highest BCUT2D eigenvalue weighted by Gasteiger charge is 2.27. The molecule has 2 unspecified atom stereocenters. The van der Waals surface area contributed by atoms with Gasteiger partial charge in [-0.1, -0.05) is 6.92 Å². The lowest BCUT2D eigenvalue weighted by molar-refractivity contribution is -0.132. The molecule has 0 aromatic carbocycles. The summed E-state index contributed by atoms with van der Waals surface area (Å²) in [6, 6.07) is 0.364. The summed E-state index contributed by atoms with van der Waals surface area (Å²) in [4.78, 5) is 14.1. The van der Waals surface area contributed by atoms with Crippen molar-refractivity contribution in [2.24, 2.45) is 11.7 Å². The second kappa shape index (κ2) is 7.67. The smallest absolute Gasteiger partial charge is 0.222 e. The molecule has 1 amide bonds. The fourth-order valence-corrected chi connectivity index (χ4v) is 2.42. The minimum atomic E-state index is 0.225. The lowest BCUT2D eigenvalue weighted by Crippen LogP contribution is -2.35. The predicted molar refractivity (Wildman–Crippen MR) is 68.5 cm³/mol. The first-order chi connectivity index (χ1) is 8.19. The molecule has 4 nitrogen and oxygen atoms in total. The van der Waals surface area contributed by atoms with Crippen LogP contribution in [0, 0.1) is 5.92 Å². The Morgan fingerprint density at radius 3 is 3.00 bits per heavy atom. The number of hydrogen-bond acceptors (Lipinski definition) is 3. The zero-order valence-electron chi connectivity index (χ0n) is 10.9. The van der Waals surface area contributed by atoms with Crippen LogP contribution in [0.4, 0.5) is 0 Å². The number of nitrogens with zero attached hydrogens (tertiary/aromatic N) is 1. The van der Waals surface area contributed by atoms with Crippen LogP contribution < -0.4 is 5.73 Å². The minimum Gasteiger partial charge on any atom is -0.396 e. The van der Waals surface area contributed by atoms with Crippen molar-refractivity contribution in [3.05, 3.63) is 0 Å². The lowest BCUT2D eigenvalue weighted by Gasteiger charge is -2.25. The van der Waals surface area contributed by atoms with E-state index in [1.807, 2.05) is 4.90 Å². The zero-order valence-corrected chi connectivity index (χ0v) is 10.9. The van der Waals surface area contributed by atoms with E-state index in [0.29, 0.717) is 24.9 Å². The predicted octanol–water partition coefficient (Wildman–Crippen LogP) is 1.12. The largest absolute Gasteiger partial charge is 0.396 e. The number of nitrogens with two attached hydrogens (primary N) is 1. The molecule has 4 heteroatoms. The van der Waals surface area contributed by atoms with Crippen molar-refractivity contribution in [1.29, 1.82) is 0 Å². The Labute approximate surface area is 104 Å². The second-order valence-corrected chi connectivity index (χ2v) is 5.13. The van der Waals surface area contributed by atoms with Crippen molar-refractivity contribution in [2.75, 3.05) is 19.7 Å². The molecule has 1 aliphatic rings. The maximum atomic E-state index is 12.1. The average molecular weight is 242 g/mol. The van der Waals surface area contributed by atoms with Gasteiger partial charge < -0.3 is 15.7 Å². The Bertz CT molecular complexity index is 233. The molecule has 0 radical (unpaired) electrons. The van der Waals surface area contributed by atoms with E-state index < -0.39 is 0 Å². The van der Waals surface area contributed by atoms with Gasteiger partial charge in [-0.25, -0.2) is 0 Å². The molecule has 17 heavy (non-hydrogen) atoms. The molecule has 2 atom stereocenters. The van der Waals surface area contributed by atoms with E-state index in [2.05, 4.69) is 6.92 Å². The van der Waals surface area contributed by atoms with Gasteiger partial charge in [0.1, 0.15) is 0 Å². The van der Waals surface area contributed by atoms with Crippen molar-refractivity contribution >= 4 is 5.91 Å². The molecule has 3 N–H and O–H groups in total. The Hall–Kier alpha value is -0.610. The van der Waals surface area contributed by atoms with Gasteiger partial charge in [0.25, 0.3) is 0 Å². The molecule has 1 saturated heterocycles. The monoisotopic (exact) mass is 242 g/mol. The van der Waals surface area contributed by atoms with Gasteiger partial charge >= 0.3 is 0 Å². The SMILES string of the molecule is CC(CN)CCC(=O)N1CCCC1CCCO. The standard InChI is InChI=1S/C13H26N2O2/c1-11(10-14)6-7-13(17)15-8-2-4-12(15)5-3-9-16/h11-12,16H,2-10,14H2,1H3.